The van der Waals surface area contributed by atoms with Gasteiger partial charge in [-0.25, -0.2) is 0 Å². The number of para-hydroxylation sites is 1. The van der Waals surface area contributed by atoms with Gasteiger partial charge in [0.05, 0.1) is 0 Å². The highest BCUT2D eigenvalue weighted by Gasteiger charge is 2.67. The molecule has 0 aromatic heterocycles. The molecule has 1 aromatic rings. The highest BCUT2D eigenvalue weighted by Crippen LogP contribution is 2.43. The first-order valence-electron chi connectivity index (χ1n) is 5.91. The van der Waals surface area contributed by atoms with Crippen LogP contribution in [-0.2, 0) is 14.3 Å². The number of anilines is 1. The van der Waals surface area contributed by atoms with E-state index in [1.54, 1.807) is 18.2 Å². The van der Waals surface area contributed by atoms with Crippen LogP contribution in [0.4, 0.5) is 18.9 Å². The third kappa shape index (κ3) is 2.23. The van der Waals surface area contributed by atoms with Gasteiger partial charge in [-0.1, -0.05) is 18.2 Å². The average molecular weight is 287 g/mol. The summed E-state index contributed by atoms with van der Waals surface area (Å²) < 4.78 is 43.9. The van der Waals surface area contributed by atoms with Crippen LogP contribution in [0, 0.1) is 0 Å². The molecule has 0 aliphatic carbocycles. The van der Waals surface area contributed by atoms with Crippen LogP contribution in [-0.4, -0.2) is 30.2 Å². The minimum absolute atomic E-state index is 0.157. The van der Waals surface area contributed by atoms with E-state index in [4.69, 9.17) is 0 Å². The van der Waals surface area contributed by atoms with Crippen molar-refractivity contribution >= 4 is 17.6 Å². The fourth-order valence-electron chi connectivity index (χ4n) is 2.21. The second-order valence-electron chi connectivity index (χ2n) is 4.46. The largest absolute Gasteiger partial charge is 0.439 e. The number of alkyl halides is 3. The molecule has 0 bridgehead atoms. The van der Waals surface area contributed by atoms with Gasteiger partial charge in [0.25, 0.3) is 11.5 Å². The molecule has 1 aromatic carbocycles. The first kappa shape index (κ1) is 14.4. The maximum absolute atomic E-state index is 13.2. The number of amides is 1. The topological polar surface area (TPSA) is 46.6 Å². The Balaban J connectivity index is 2.38. The molecule has 0 spiro atoms. The zero-order chi connectivity index (χ0) is 15.0. The quantitative estimate of drug-likeness (QED) is 0.784. The van der Waals surface area contributed by atoms with Gasteiger partial charge < -0.3 is 9.64 Å². The Kier molecular flexibility index (Phi) is 3.45. The van der Waals surface area contributed by atoms with Crippen molar-refractivity contribution in [3.8, 4) is 0 Å². The zero-order valence-corrected chi connectivity index (χ0v) is 10.6. The molecule has 1 amide bonds. The molecule has 1 atom stereocenters. The molecule has 0 saturated carbocycles. The van der Waals surface area contributed by atoms with Crippen LogP contribution >= 0.6 is 0 Å². The summed E-state index contributed by atoms with van der Waals surface area (Å²) in [5, 5.41) is 0. The summed E-state index contributed by atoms with van der Waals surface area (Å²) in [6.07, 6.45) is -5.55. The number of halogens is 3. The molecule has 0 N–H and O–H groups in total. The smallest absolute Gasteiger partial charge is 0.437 e. The maximum Gasteiger partial charge on any atom is 0.437 e. The molecule has 7 heteroatoms. The lowest BCUT2D eigenvalue weighted by molar-refractivity contribution is -0.256. The summed E-state index contributed by atoms with van der Waals surface area (Å²) >= 11 is 0. The van der Waals surface area contributed by atoms with Gasteiger partial charge in [-0.3, -0.25) is 9.59 Å². The normalized spacial score (nSPS) is 23.0. The van der Waals surface area contributed by atoms with E-state index in [1.807, 2.05) is 0 Å². The van der Waals surface area contributed by atoms with Gasteiger partial charge in [-0.05, 0) is 12.1 Å². The van der Waals surface area contributed by atoms with Crippen LogP contribution < -0.4 is 4.90 Å². The number of esters is 1. The minimum Gasteiger partial charge on any atom is -0.439 e. The molecule has 108 valence electrons. The van der Waals surface area contributed by atoms with E-state index < -0.39 is 30.1 Å². The van der Waals surface area contributed by atoms with Gasteiger partial charge in [0.15, 0.2) is 0 Å². The molecule has 2 rings (SSSR count). The average Bonchev–Trinajstić information content (AvgIpc) is 2.68. The van der Waals surface area contributed by atoms with E-state index in [0.717, 1.165) is 11.8 Å². The summed E-state index contributed by atoms with van der Waals surface area (Å²) in [4.78, 5) is 24.1. The Labute approximate surface area is 113 Å². The van der Waals surface area contributed by atoms with E-state index in [0.29, 0.717) is 5.69 Å². The highest BCUT2D eigenvalue weighted by atomic mass is 19.4. The molecule has 1 saturated heterocycles. The van der Waals surface area contributed by atoms with E-state index in [1.165, 1.54) is 12.1 Å². The number of hydrogen-bond acceptors (Lipinski definition) is 3. The highest BCUT2D eigenvalue weighted by molar-refractivity contribution is 6.03. The van der Waals surface area contributed by atoms with Gasteiger partial charge in [0, 0.05) is 25.6 Å². The molecule has 1 unspecified atom stereocenters. The van der Waals surface area contributed by atoms with Crippen LogP contribution in [0.2, 0.25) is 0 Å². The number of carbonyl (C=O) groups excluding carboxylic acids is 2. The predicted molar refractivity (Wildman–Crippen MR) is 64.0 cm³/mol. The van der Waals surface area contributed by atoms with Crippen molar-refractivity contribution in [1.29, 1.82) is 0 Å². The second kappa shape index (κ2) is 4.81. The molecular weight excluding hydrogens is 275 g/mol. The summed E-state index contributed by atoms with van der Waals surface area (Å²) in [5.41, 5.74) is -2.73. The Hall–Kier alpha value is -2.05. The van der Waals surface area contributed by atoms with Crippen molar-refractivity contribution in [3.63, 3.8) is 0 Å². The van der Waals surface area contributed by atoms with E-state index >= 15 is 0 Å². The van der Waals surface area contributed by atoms with Crippen molar-refractivity contribution in [2.75, 3.05) is 11.4 Å². The van der Waals surface area contributed by atoms with Crippen LogP contribution in [0.25, 0.3) is 0 Å². The number of rotatable bonds is 2. The zero-order valence-electron chi connectivity index (χ0n) is 10.6. The van der Waals surface area contributed by atoms with E-state index in [-0.39, 0.29) is 6.54 Å². The van der Waals surface area contributed by atoms with Crippen molar-refractivity contribution in [3.05, 3.63) is 30.3 Å². The van der Waals surface area contributed by atoms with E-state index in [2.05, 4.69) is 4.74 Å². The van der Waals surface area contributed by atoms with Gasteiger partial charge in [0.1, 0.15) is 0 Å². The summed E-state index contributed by atoms with van der Waals surface area (Å²) in [7, 11) is 0. The third-order valence-corrected chi connectivity index (χ3v) is 3.12. The van der Waals surface area contributed by atoms with Gasteiger partial charge in [0.2, 0.25) is 0 Å². The van der Waals surface area contributed by atoms with E-state index in [9.17, 15) is 22.8 Å². The molecular formula is C13H12F3NO3. The summed E-state index contributed by atoms with van der Waals surface area (Å²) in [6.45, 7) is 0.696. The fraction of sp³-hybridized carbons (Fsp3) is 0.385. The third-order valence-electron chi connectivity index (χ3n) is 3.12. The first-order valence-corrected chi connectivity index (χ1v) is 5.91. The lowest BCUT2D eigenvalue weighted by atomic mass is 10.0. The standard InChI is InChI=1S/C13H12F3NO3/c1-9(18)20-12(13(14,15)16)7-8-17(11(12)19)10-5-3-2-4-6-10/h2-6H,7-8H2,1H3. The molecule has 4 nitrogen and oxygen atoms in total. The van der Waals surface area contributed by atoms with Gasteiger partial charge in [-0.2, -0.15) is 13.2 Å². The van der Waals surface area contributed by atoms with Crippen LogP contribution in [0.5, 0.6) is 0 Å². The molecule has 1 aliphatic heterocycles. The van der Waals surface area contributed by atoms with Crippen molar-refractivity contribution in [2.24, 2.45) is 0 Å². The summed E-state index contributed by atoms with van der Waals surface area (Å²) in [6, 6.07) is 7.97. The second-order valence-corrected chi connectivity index (χ2v) is 4.46. The molecule has 1 fully saturated rings. The lowest BCUT2D eigenvalue weighted by Crippen LogP contribution is -2.54. The monoisotopic (exact) mass is 287 g/mol. The maximum atomic E-state index is 13.2. The molecule has 0 radical (unpaired) electrons. The van der Waals surface area contributed by atoms with Crippen molar-refractivity contribution in [1.82, 2.24) is 0 Å². The first-order chi connectivity index (χ1) is 9.28. The molecule has 1 aliphatic rings. The fourth-order valence-corrected chi connectivity index (χ4v) is 2.21. The van der Waals surface area contributed by atoms with Gasteiger partial charge in [-0.15, -0.1) is 0 Å². The Morgan fingerprint density at radius 1 is 1.30 bits per heavy atom. The van der Waals surface area contributed by atoms with Gasteiger partial charge >= 0.3 is 12.1 Å². The van der Waals surface area contributed by atoms with Crippen LogP contribution in [0.15, 0.2) is 30.3 Å². The summed E-state index contributed by atoms with van der Waals surface area (Å²) in [5.74, 6) is -2.39. The number of hydrogen-bond donors (Lipinski definition) is 0. The number of carbonyl (C=O) groups is 2. The Morgan fingerprint density at radius 2 is 1.90 bits per heavy atom. The SMILES string of the molecule is CC(=O)OC1(C(F)(F)F)CCN(c2ccccc2)C1=O. The number of benzene rings is 1. The Morgan fingerprint density at radius 3 is 2.40 bits per heavy atom. The number of ether oxygens (including phenoxy) is 1. The van der Waals surface area contributed by atoms with Crippen LogP contribution in [0.1, 0.15) is 13.3 Å². The molecule has 20 heavy (non-hydrogen) atoms. The number of nitrogens with zero attached hydrogens (tertiary/aromatic N) is 1. The van der Waals surface area contributed by atoms with Crippen LogP contribution in [0.3, 0.4) is 0 Å². The van der Waals surface area contributed by atoms with Crippen molar-refractivity contribution < 1.29 is 27.5 Å². The predicted octanol–water partition coefficient (Wildman–Crippen LogP) is 2.29. The van der Waals surface area contributed by atoms with Crippen molar-refractivity contribution in [2.45, 2.75) is 25.1 Å². The lowest BCUT2D eigenvalue weighted by Gasteiger charge is -2.29. The molecule has 1 heterocycles. The minimum atomic E-state index is -4.95. The Bertz CT molecular complexity index is 529.